The van der Waals surface area contributed by atoms with Gasteiger partial charge in [0.1, 0.15) is 11.2 Å². The lowest BCUT2D eigenvalue weighted by Gasteiger charge is -2.23. The average Bonchev–Trinajstić information content (AvgIpc) is 2.72. The van der Waals surface area contributed by atoms with Gasteiger partial charge in [0.2, 0.25) is 0 Å². The second-order valence-electron chi connectivity index (χ2n) is 8.53. The van der Waals surface area contributed by atoms with Gasteiger partial charge in [-0.1, -0.05) is 55.3 Å². The van der Waals surface area contributed by atoms with Gasteiger partial charge in [0, 0.05) is 17.5 Å². The fourth-order valence-corrected chi connectivity index (χ4v) is 3.50. The number of amides is 1. The maximum Gasteiger partial charge on any atom is 0.408 e. The normalized spacial score (nSPS) is 12.3. The molecule has 174 valence electrons. The number of rotatable bonds is 6. The van der Waals surface area contributed by atoms with Crippen molar-refractivity contribution in [2.24, 2.45) is 0 Å². The summed E-state index contributed by atoms with van der Waals surface area (Å²) in [5, 5.41) is 3.40. The Morgan fingerprint density at radius 3 is 2.45 bits per heavy atom. The van der Waals surface area contributed by atoms with Crippen molar-refractivity contribution < 1.29 is 23.5 Å². The first kappa shape index (κ1) is 24.3. The molecule has 8 heteroatoms. The number of alkyl carbamates (subject to hydrolysis) is 1. The second-order valence-corrected chi connectivity index (χ2v) is 8.94. The summed E-state index contributed by atoms with van der Waals surface area (Å²) < 4.78 is 16.1. The highest BCUT2D eigenvalue weighted by Crippen LogP contribution is 2.32. The van der Waals surface area contributed by atoms with Crippen molar-refractivity contribution in [3.8, 4) is 5.75 Å². The van der Waals surface area contributed by atoms with Gasteiger partial charge in [0.15, 0.2) is 11.8 Å². The predicted octanol–water partition coefficient (Wildman–Crippen LogP) is 5.57. The maximum atomic E-state index is 13.1. The van der Waals surface area contributed by atoms with Crippen LogP contribution in [0, 0.1) is 0 Å². The third kappa shape index (κ3) is 6.35. The molecular weight excluding hydrogens is 446 g/mol. The van der Waals surface area contributed by atoms with E-state index in [1.807, 2.05) is 6.92 Å². The third-order valence-corrected chi connectivity index (χ3v) is 4.94. The molecule has 1 N–H and O–H groups in total. The number of halogens is 1. The molecule has 3 aromatic rings. The van der Waals surface area contributed by atoms with Crippen LogP contribution in [-0.2, 0) is 16.0 Å². The number of ether oxygens (including phenoxy) is 2. The first-order valence-electron chi connectivity index (χ1n) is 10.6. The Kier molecular flexibility index (Phi) is 7.43. The van der Waals surface area contributed by atoms with E-state index in [0.29, 0.717) is 17.4 Å². The minimum atomic E-state index is -1.15. The molecule has 0 aliphatic heterocycles. The summed E-state index contributed by atoms with van der Waals surface area (Å²) in [5.74, 6) is -0.766. The second kappa shape index (κ2) is 10.1. The summed E-state index contributed by atoms with van der Waals surface area (Å²) in [6.07, 6.45) is 0.739. The van der Waals surface area contributed by atoms with Gasteiger partial charge in [0.25, 0.3) is 0 Å². The van der Waals surface area contributed by atoms with Crippen LogP contribution in [-0.4, -0.2) is 17.7 Å². The number of carbonyl (C=O) groups is 2. The van der Waals surface area contributed by atoms with Crippen LogP contribution in [0.15, 0.2) is 57.7 Å². The van der Waals surface area contributed by atoms with Gasteiger partial charge in [0.05, 0.1) is 5.02 Å². The van der Waals surface area contributed by atoms with Gasteiger partial charge < -0.3 is 19.2 Å². The number of hydrogen-bond acceptors (Lipinski definition) is 6. The van der Waals surface area contributed by atoms with E-state index >= 15 is 0 Å². The Hall–Kier alpha value is -3.32. The molecule has 0 bridgehead atoms. The van der Waals surface area contributed by atoms with Crippen LogP contribution in [0.25, 0.3) is 11.0 Å². The van der Waals surface area contributed by atoms with Crippen molar-refractivity contribution in [3.05, 3.63) is 75.1 Å². The van der Waals surface area contributed by atoms with Crippen molar-refractivity contribution in [3.63, 3.8) is 0 Å². The first-order chi connectivity index (χ1) is 15.6. The van der Waals surface area contributed by atoms with E-state index in [4.69, 9.17) is 25.5 Å². The largest absolute Gasteiger partial charge is 0.444 e. The molecule has 0 saturated heterocycles. The lowest BCUT2D eigenvalue weighted by molar-refractivity contribution is -0.137. The molecule has 1 heterocycles. The van der Waals surface area contributed by atoms with E-state index in [-0.39, 0.29) is 16.4 Å². The zero-order chi connectivity index (χ0) is 24.2. The van der Waals surface area contributed by atoms with Gasteiger partial charge in [-0.3, -0.25) is 0 Å². The number of carbonyl (C=O) groups excluding carboxylic acids is 2. The van der Waals surface area contributed by atoms with E-state index in [0.717, 1.165) is 12.0 Å². The number of fused-ring (bicyclic) bond motifs is 1. The Bertz CT molecular complexity index is 1210. The summed E-state index contributed by atoms with van der Waals surface area (Å²) >= 11 is 6.39. The van der Waals surface area contributed by atoms with E-state index < -0.39 is 29.3 Å². The quantitative estimate of drug-likeness (QED) is 0.287. The Balaban J connectivity index is 1.93. The molecule has 7 nitrogen and oxygen atoms in total. The number of benzene rings is 2. The van der Waals surface area contributed by atoms with Crippen LogP contribution in [0.4, 0.5) is 4.79 Å². The number of aryl methyl sites for hydroxylation is 1. The van der Waals surface area contributed by atoms with Crippen molar-refractivity contribution in [2.45, 2.75) is 52.2 Å². The topological polar surface area (TPSA) is 94.8 Å². The van der Waals surface area contributed by atoms with E-state index in [1.165, 1.54) is 12.1 Å². The Labute approximate surface area is 196 Å². The van der Waals surface area contributed by atoms with Gasteiger partial charge in [-0.05, 0) is 44.4 Å². The predicted molar refractivity (Wildman–Crippen MR) is 126 cm³/mol. The van der Waals surface area contributed by atoms with Crippen LogP contribution in [0.1, 0.15) is 51.3 Å². The highest BCUT2D eigenvalue weighted by atomic mass is 35.5. The van der Waals surface area contributed by atoms with Gasteiger partial charge >= 0.3 is 17.7 Å². The van der Waals surface area contributed by atoms with Crippen LogP contribution in [0.3, 0.4) is 0 Å². The molecule has 1 atom stereocenters. The van der Waals surface area contributed by atoms with Crippen molar-refractivity contribution in [1.29, 1.82) is 0 Å². The molecule has 0 unspecified atom stereocenters. The molecule has 33 heavy (non-hydrogen) atoms. The Morgan fingerprint density at radius 1 is 1.12 bits per heavy atom. The van der Waals surface area contributed by atoms with Crippen LogP contribution in [0.2, 0.25) is 5.02 Å². The summed E-state index contributed by atoms with van der Waals surface area (Å²) in [7, 11) is 0. The molecule has 0 aliphatic carbocycles. The van der Waals surface area contributed by atoms with E-state index in [9.17, 15) is 14.4 Å². The molecular formula is C25H26ClNO6. The van der Waals surface area contributed by atoms with Crippen LogP contribution < -0.4 is 15.7 Å². The number of esters is 1. The third-order valence-electron chi connectivity index (χ3n) is 4.64. The molecule has 0 saturated carbocycles. The SMILES string of the molecule is CCCc1cc(=O)oc2cc(OC(=O)[C@@H](NC(=O)OC(C)(C)C)c3ccccc3)c(Cl)cc12. The Morgan fingerprint density at radius 2 is 1.82 bits per heavy atom. The molecule has 1 amide bonds. The zero-order valence-corrected chi connectivity index (χ0v) is 19.7. The van der Waals surface area contributed by atoms with Crippen LogP contribution >= 0.6 is 11.6 Å². The van der Waals surface area contributed by atoms with Gasteiger partial charge in [-0.2, -0.15) is 0 Å². The molecule has 3 rings (SSSR count). The molecule has 0 radical (unpaired) electrons. The van der Waals surface area contributed by atoms with Crippen molar-refractivity contribution >= 4 is 34.6 Å². The zero-order valence-electron chi connectivity index (χ0n) is 18.9. The minimum Gasteiger partial charge on any atom is -0.444 e. The highest BCUT2D eigenvalue weighted by Gasteiger charge is 2.28. The smallest absolute Gasteiger partial charge is 0.408 e. The lowest BCUT2D eigenvalue weighted by Crippen LogP contribution is -2.39. The molecule has 0 spiro atoms. The molecule has 0 aliphatic rings. The van der Waals surface area contributed by atoms with Gasteiger partial charge in [-0.15, -0.1) is 0 Å². The van der Waals surface area contributed by atoms with Gasteiger partial charge in [-0.25, -0.2) is 14.4 Å². The standard InChI is InChI=1S/C25H26ClNO6/c1-5-9-16-12-21(28)31-19-14-20(18(26)13-17(16)19)32-23(29)22(15-10-7-6-8-11-15)27-24(30)33-25(2,3)4/h6-8,10-14,22H,5,9H2,1-4H3,(H,27,30)/t22-/m0/s1. The van der Waals surface area contributed by atoms with Crippen molar-refractivity contribution in [2.75, 3.05) is 0 Å². The molecule has 2 aromatic carbocycles. The average molecular weight is 472 g/mol. The first-order valence-corrected chi connectivity index (χ1v) is 11.0. The minimum absolute atomic E-state index is 0.0119. The lowest BCUT2D eigenvalue weighted by atomic mass is 10.1. The summed E-state index contributed by atoms with van der Waals surface area (Å²) in [5.41, 5.74) is 0.318. The molecule has 0 fully saturated rings. The van der Waals surface area contributed by atoms with Crippen LogP contribution in [0.5, 0.6) is 5.75 Å². The summed E-state index contributed by atoms with van der Waals surface area (Å²) in [6, 6.07) is 11.9. The number of nitrogens with one attached hydrogen (secondary N) is 1. The fourth-order valence-electron chi connectivity index (χ4n) is 3.30. The maximum absolute atomic E-state index is 13.1. The summed E-state index contributed by atoms with van der Waals surface area (Å²) in [4.78, 5) is 37.4. The van der Waals surface area contributed by atoms with E-state index in [2.05, 4.69) is 5.32 Å². The fraction of sp³-hybridized carbons (Fsp3) is 0.320. The van der Waals surface area contributed by atoms with Crippen molar-refractivity contribution in [1.82, 2.24) is 5.32 Å². The monoisotopic (exact) mass is 471 g/mol. The highest BCUT2D eigenvalue weighted by molar-refractivity contribution is 6.33. The number of hydrogen-bond donors (Lipinski definition) is 1. The summed E-state index contributed by atoms with van der Waals surface area (Å²) in [6.45, 7) is 7.16. The van der Waals surface area contributed by atoms with E-state index in [1.54, 1.807) is 57.2 Å². The molecule has 1 aromatic heterocycles.